The minimum Gasteiger partial charge on any atom is -0.295 e. The fourth-order valence-electron chi connectivity index (χ4n) is 2.07. The van der Waals surface area contributed by atoms with Crippen molar-refractivity contribution in [2.45, 2.75) is 32.2 Å². The smallest absolute Gasteiger partial charge is 0.295 e. The van der Waals surface area contributed by atoms with Gasteiger partial charge in [-0.1, -0.05) is 13.8 Å². The number of nitrogens with zero attached hydrogens (tertiary/aromatic N) is 1. The van der Waals surface area contributed by atoms with Crippen molar-refractivity contribution in [3.8, 4) is 0 Å². The molecule has 0 saturated carbocycles. The molecule has 1 aliphatic carbocycles. The topological polar surface area (TPSA) is 88.6 Å². The summed E-state index contributed by atoms with van der Waals surface area (Å²) in [7, 11) is -10.9. The van der Waals surface area contributed by atoms with Crippen molar-refractivity contribution in [3.05, 3.63) is 11.8 Å². The number of halogens is 3. The van der Waals surface area contributed by atoms with Gasteiger partial charge in [-0.2, -0.15) is 25.3 Å². The number of sulfonamides is 2. The van der Waals surface area contributed by atoms with E-state index in [1.54, 1.807) is 0 Å². The molecule has 0 radical (unpaired) electrons. The van der Waals surface area contributed by atoms with Crippen LogP contribution in [0.1, 0.15) is 26.7 Å². The summed E-state index contributed by atoms with van der Waals surface area (Å²) < 4.78 is 83.3. The van der Waals surface area contributed by atoms with Gasteiger partial charge in [-0.25, -0.2) is 8.42 Å². The normalized spacial score (nSPS) is 20.1. The number of rotatable bonds is 3. The molecular formula is C10H14F3NO5S2. The molecule has 0 atom stereocenters. The van der Waals surface area contributed by atoms with E-state index in [0.717, 1.165) is 0 Å². The number of alkyl halides is 3. The largest absolute Gasteiger partial charge is 0.517 e. The highest BCUT2D eigenvalue weighted by Crippen LogP contribution is 2.39. The van der Waals surface area contributed by atoms with Crippen LogP contribution >= 0.6 is 0 Å². The molecule has 0 unspecified atom stereocenters. The molecule has 0 bridgehead atoms. The van der Waals surface area contributed by atoms with Crippen LogP contribution in [0.25, 0.3) is 0 Å². The number of ketones is 1. The van der Waals surface area contributed by atoms with Gasteiger partial charge in [0.15, 0.2) is 5.78 Å². The van der Waals surface area contributed by atoms with Crippen LogP contribution in [0.5, 0.6) is 0 Å². The lowest BCUT2D eigenvalue weighted by Gasteiger charge is -2.33. The summed E-state index contributed by atoms with van der Waals surface area (Å²) in [6.07, 6.45) is 0.667. The fourth-order valence-corrected chi connectivity index (χ4v) is 4.91. The summed E-state index contributed by atoms with van der Waals surface area (Å²) in [5, 5.41) is 0. The lowest BCUT2D eigenvalue weighted by Crippen LogP contribution is -2.45. The van der Waals surface area contributed by atoms with Crippen molar-refractivity contribution in [2.24, 2.45) is 5.41 Å². The van der Waals surface area contributed by atoms with Gasteiger partial charge in [0.2, 0.25) is 10.0 Å². The van der Waals surface area contributed by atoms with Crippen molar-refractivity contribution >= 4 is 25.8 Å². The summed E-state index contributed by atoms with van der Waals surface area (Å²) in [5.74, 6) is -0.632. The Kier molecular flexibility index (Phi) is 4.25. The Morgan fingerprint density at radius 3 is 1.95 bits per heavy atom. The van der Waals surface area contributed by atoms with Gasteiger partial charge >= 0.3 is 15.5 Å². The van der Waals surface area contributed by atoms with Gasteiger partial charge in [-0.15, -0.1) is 0 Å². The molecule has 11 heteroatoms. The summed E-state index contributed by atoms with van der Waals surface area (Å²) in [4.78, 5) is 11.5. The molecular weight excluding hydrogens is 335 g/mol. The maximum Gasteiger partial charge on any atom is 0.517 e. The van der Waals surface area contributed by atoms with Crippen molar-refractivity contribution in [2.75, 3.05) is 6.26 Å². The average Bonchev–Trinajstić information content (AvgIpc) is 2.07. The van der Waals surface area contributed by atoms with E-state index in [1.807, 2.05) is 0 Å². The van der Waals surface area contributed by atoms with Crippen LogP contribution in [-0.2, 0) is 24.8 Å². The van der Waals surface area contributed by atoms with Gasteiger partial charge in [0.1, 0.15) is 0 Å². The zero-order valence-corrected chi connectivity index (χ0v) is 13.1. The van der Waals surface area contributed by atoms with E-state index in [-0.39, 0.29) is 12.8 Å². The first-order valence-electron chi connectivity index (χ1n) is 5.63. The molecule has 6 nitrogen and oxygen atoms in total. The molecule has 1 rings (SSSR count). The molecule has 0 aromatic heterocycles. The third-order valence-electron chi connectivity index (χ3n) is 2.69. The third kappa shape index (κ3) is 3.76. The number of allylic oxidation sites excluding steroid dienone is 2. The van der Waals surface area contributed by atoms with Crippen LogP contribution < -0.4 is 0 Å². The number of hydrogen-bond acceptors (Lipinski definition) is 5. The van der Waals surface area contributed by atoms with Crippen molar-refractivity contribution in [1.82, 2.24) is 3.71 Å². The number of carbonyl (C=O) groups excluding carboxylic acids is 1. The molecule has 0 saturated heterocycles. The second-order valence-corrected chi connectivity index (χ2v) is 9.37. The van der Waals surface area contributed by atoms with Crippen LogP contribution in [0.15, 0.2) is 11.8 Å². The molecule has 0 heterocycles. The molecule has 0 aromatic carbocycles. The zero-order chi connectivity index (χ0) is 16.9. The van der Waals surface area contributed by atoms with Crippen LogP contribution in [0, 0.1) is 5.41 Å². The Hall–Kier alpha value is -1.10. The van der Waals surface area contributed by atoms with E-state index in [9.17, 15) is 34.8 Å². The van der Waals surface area contributed by atoms with Crippen LogP contribution in [0.2, 0.25) is 0 Å². The minimum atomic E-state index is -6.14. The van der Waals surface area contributed by atoms with Crippen molar-refractivity contribution in [1.29, 1.82) is 0 Å². The lowest BCUT2D eigenvalue weighted by atomic mass is 9.79. The molecule has 0 spiro atoms. The Bertz CT molecular complexity index is 689. The van der Waals surface area contributed by atoms with Crippen LogP contribution in [0.3, 0.4) is 0 Å². The van der Waals surface area contributed by atoms with E-state index in [0.29, 0.717) is 12.3 Å². The van der Waals surface area contributed by atoms with Crippen LogP contribution in [-0.4, -0.2) is 38.1 Å². The molecule has 122 valence electrons. The van der Waals surface area contributed by atoms with Gasteiger partial charge < -0.3 is 0 Å². The fraction of sp³-hybridized carbons (Fsp3) is 0.700. The Balaban J connectivity index is 3.54. The molecule has 21 heavy (non-hydrogen) atoms. The molecule has 0 aromatic rings. The molecule has 0 fully saturated rings. The number of hydrogen-bond donors (Lipinski definition) is 0. The molecule has 1 aliphatic rings. The highest BCUT2D eigenvalue weighted by Gasteiger charge is 2.54. The van der Waals surface area contributed by atoms with Crippen molar-refractivity contribution < 1.29 is 34.8 Å². The van der Waals surface area contributed by atoms with Gasteiger partial charge in [-0.05, 0) is 11.8 Å². The highest BCUT2D eigenvalue weighted by atomic mass is 32.3. The third-order valence-corrected chi connectivity index (χ3v) is 6.18. The average molecular weight is 349 g/mol. The SMILES string of the molecule is CC1(C)CC(=O)C=C(N(S(C)(=O)=O)S(=O)(=O)C(F)(F)F)C1. The monoisotopic (exact) mass is 349 g/mol. The predicted molar refractivity (Wildman–Crippen MR) is 67.8 cm³/mol. The number of carbonyl (C=O) groups is 1. The standard InChI is InChI=1S/C10H14F3NO5S2/c1-9(2)5-7(4-8(15)6-9)14(20(3,16)17)21(18,19)10(11,12)13/h4H,5-6H2,1-3H3. The maximum absolute atomic E-state index is 12.7. The van der Waals surface area contributed by atoms with E-state index in [4.69, 9.17) is 0 Å². The van der Waals surface area contributed by atoms with E-state index in [1.165, 1.54) is 13.8 Å². The first-order valence-corrected chi connectivity index (χ1v) is 8.92. The minimum absolute atomic E-state index is 0.0137. The van der Waals surface area contributed by atoms with Crippen molar-refractivity contribution in [3.63, 3.8) is 0 Å². The Morgan fingerprint density at radius 2 is 1.62 bits per heavy atom. The highest BCUT2D eigenvalue weighted by molar-refractivity contribution is 8.04. The quantitative estimate of drug-likeness (QED) is 0.768. The second-order valence-electron chi connectivity index (χ2n) is 5.53. The van der Waals surface area contributed by atoms with Crippen LogP contribution in [0.4, 0.5) is 13.2 Å². The molecule has 0 aliphatic heterocycles. The predicted octanol–water partition coefficient (Wildman–Crippen LogP) is 1.37. The first kappa shape index (κ1) is 18.0. The van der Waals surface area contributed by atoms with Gasteiger partial charge in [0, 0.05) is 12.5 Å². The molecule has 0 N–H and O–H groups in total. The first-order chi connectivity index (χ1) is 9.08. The Labute approximate surface area is 120 Å². The van der Waals surface area contributed by atoms with Gasteiger partial charge in [-0.3, -0.25) is 4.79 Å². The maximum atomic E-state index is 12.7. The van der Waals surface area contributed by atoms with Gasteiger partial charge in [0.25, 0.3) is 0 Å². The summed E-state index contributed by atoms with van der Waals surface area (Å²) in [6, 6.07) is 0. The van der Waals surface area contributed by atoms with Gasteiger partial charge in [0.05, 0.1) is 12.0 Å². The van der Waals surface area contributed by atoms with E-state index >= 15 is 0 Å². The van der Waals surface area contributed by atoms with E-state index < -0.39 is 46.2 Å². The summed E-state index contributed by atoms with van der Waals surface area (Å²) >= 11 is 0. The Morgan fingerprint density at radius 1 is 1.14 bits per heavy atom. The summed E-state index contributed by atoms with van der Waals surface area (Å²) in [6.45, 7) is 3.05. The lowest BCUT2D eigenvalue weighted by molar-refractivity contribution is -0.117. The second kappa shape index (κ2) is 4.97. The molecule has 0 amide bonds. The zero-order valence-electron chi connectivity index (χ0n) is 11.4. The summed E-state index contributed by atoms with van der Waals surface area (Å²) in [5.41, 5.74) is -7.33. The van der Waals surface area contributed by atoms with E-state index in [2.05, 4.69) is 0 Å².